The molecule has 0 spiro atoms. The molecule has 0 saturated carbocycles. The summed E-state index contributed by atoms with van der Waals surface area (Å²) in [5.74, 6) is 0. The molecule has 0 aromatic heterocycles. The van der Waals surface area contributed by atoms with Gasteiger partial charge in [-0.3, -0.25) is 0 Å². The van der Waals surface area contributed by atoms with E-state index in [0.717, 1.165) is 41.5 Å². The van der Waals surface area contributed by atoms with Gasteiger partial charge in [-0.2, -0.15) is 0 Å². The van der Waals surface area contributed by atoms with Crippen molar-refractivity contribution in [2.75, 3.05) is 13.1 Å². The summed E-state index contributed by atoms with van der Waals surface area (Å²) in [7, 11) is 0. The van der Waals surface area contributed by atoms with E-state index in [4.69, 9.17) is 5.73 Å². The Labute approximate surface area is 104 Å². The molecular weight excluding hydrogens is 268 g/mol. The topological polar surface area (TPSA) is 58.3 Å². The first kappa shape index (κ1) is 12.0. The number of rotatable bonds is 2. The summed E-state index contributed by atoms with van der Waals surface area (Å²) in [6.45, 7) is 2.18. The van der Waals surface area contributed by atoms with E-state index in [1.165, 1.54) is 0 Å². The first-order valence-corrected chi connectivity index (χ1v) is 6.37. The molecule has 3 nitrogen and oxygen atoms in total. The van der Waals surface area contributed by atoms with Crippen LogP contribution in [0.15, 0.2) is 22.7 Å². The van der Waals surface area contributed by atoms with E-state index in [9.17, 15) is 5.11 Å². The van der Waals surface area contributed by atoms with Crippen molar-refractivity contribution in [1.82, 2.24) is 5.32 Å². The Balaban J connectivity index is 2.37. The Kier molecular flexibility index (Phi) is 3.64. The van der Waals surface area contributed by atoms with Gasteiger partial charge in [0.2, 0.25) is 0 Å². The second-order valence-corrected chi connectivity index (χ2v) is 5.20. The summed E-state index contributed by atoms with van der Waals surface area (Å²) in [6, 6.07) is 5.95. The van der Waals surface area contributed by atoms with Gasteiger partial charge in [0.25, 0.3) is 0 Å². The first-order valence-electron chi connectivity index (χ1n) is 5.58. The van der Waals surface area contributed by atoms with Gasteiger partial charge in [-0.05, 0) is 49.2 Å². The Morgan fingerprint density at radius 2 is 2.06 bits per heavy atom. The second kappa shape index (κ2) is 4.84. The second-order valence-electron chi connectivity index (χ2n) is 4.29. The van der Waals surface area contributed by atoms with Gasteiger partial charge >= 0.3 is 0 Å². The maximum atomic E-state index is 10.6. The van der Waals surface area contributed by atoms with Crippen LogP contribution in [0.25, 0.3) is 0 Å². The Morgan fingerprint density at radius 3 is 2.69 bits per heavy atom. The van der Waals surface area contributed by atoms with Gasteiger partial charge in [0.1, 0.15) is 0 Å². The van der Waals surface area contributed by atoms with Crippen LogP contribution in [0.4, 0.5) is 0 Å². The number of hydrogen-bond donors (Lipinski definition) is 3. The molecule has 0 radical (unpaired) electrons. The highest BCUT2D eigenvalue weighted by atomic mass is 79.9. The van der Waals surface area contributed by atoms with Gasteiger partial charge < -0.3 is 16.2 Å². The van der Waals surface area contributed by atoms with E-state index >= 15 is 0 Å². The average Bonchev–Trinajstić information content (AvgIpc) is 2.29. The molecule has 16 heavy (non-hydrogen) atoms. The van der Waals surface area contributed by atoms with Crippen molar-refractivity contribution < 1.29 is 5.11 Å². The fourth-order valence-corrected chi connectivity index (χ4v) is 2.70. The minimum atomic E-state index is -0.708. The van der Waals surface area contributed by atoms with Gasteiger partial charge in [0.15, 0.2) is 0 Å². The highest BCUT2D eigenvalue weighted by Gasteiger charge is 2.32. The molecule has 0 amide bonds. The van der Waals surface area contributed by atoms with Crippen LogP contribution in [0, 0.1) is 0 Å². The summed E-state index contributed by atoms with van der Waals surface area (Å²) in [5, 5.41) is 13.9. The van der Waals surface area contributed by atoms with E-state index < -0.39 is 5.60 Å². The monoisotopic (exact) mass is 284 g/mol. The number of nitrogens with one attached hydrogen (secondary N) is 1. The molecule has 2 rings (SSSR count). The predicted molar refractivity (Wildman–Crippen MR) is 68.0 cm³/mol. The zero-order valence-electron chi connectivity index (χ0n) is 9.17. The third-order valence-electron chi connectivity index (χ3n) is 3.22. The fraction of sp³-hybridized carbons (Fsp3) is 0.500. The molecule has 1 aromatic rings. The SMILES string of the molecule is NCc1cc(Br)ccc1C1(O)CCNCC1. The molecule has 4 heteroatoms. The van der Waals surface area contributed by atoms with E-state index in [1.807, 2.05) is 18.2 Å². The first-order chi connectivity index (χ1) is 7.65. The molecule has 88 valence electrons. The number of aliphatic hydroxyl groups is 1. The molecule has 0 bridgehead atoms. The van der Waals surface area contributed by atoms with Crippen LogP contribution in [0.3, 0.4) is 0 Å². The third-order valence-corrected chi connectivity index (χ3v) is 3.71. The Hall–Kier alpha value is -0.420. The van der Waals surface area contributed by atoms with Crippen LogP contribution in [0.1, 0.15) is 24.0 Å². The van der Waals surface area contributed by atoms with Crippen molar-refractivity contribution >= 4 is 15.9 Å². The van der Waals surface area contributed by atoms with E-state index in [2.05, 4.69) is 21.2 Å². The maximum absolute atomic E-state index is 10.6. The summed E-state index contributed by atoms with van der Waals surface area (Å²) in [5.41, 5.74) is 7.04. The average molecular weight is 285 g/mol. The number of hydrogen-bond acceptors (Lipinski definition) is 3. The van der Waals surface area contributed by atoms with Crippen LogP contribution < -0.4 is 11.1 Å². The largest absolute Gasteiger partial charge is 0.385 e. The van der Waals surface area contributed by atoms with Gasteiger partial charge in [-0.25, -0.2) is 0 Å². The molecular formula is C12H17BrN2O. The number of piperidine rings is 1. The molecule has 1 saturated heterocycles. The Bertz CT molecular complexity index is 375. The standard InChI is InChI=1S/C12H17BrN2O/c13-10-1-2-11(9(7-10)8-14)12(16)3-5-15-6-4-12/h1-2,7,15-16H,3-6,8,14H2. The van der Waals surface area contributed by atoms with Gasteiger partial charge in [-0.1, -0.05) is 22.0 Å². The molecule has 1 aliphatic rings. The van der Waals surface area contributed by atoms with Crippen LogP contribution in [0.2, 0.25) is 0 Å². The number of nitrogens with two attached hydrogens (primary N) is 1. The maximum Gasteiger partial charge on any atom is 0.0923 e. The van der Waals surface area contributed by atoms with Crippen LogP contribution >= 0.6 is 15.9 Å². The molecule has 1 heterocycles. The molecule has 4 N–H and O–H groups in total. The van der Waals surface area contributed by atoms with Crippen molar-refractivity contribution in [1.29, 1.82) is 0 Å². The van der Waals surface area contributed by atoms with E-state index in [0.29, 0.717) is 6.54 Å². The fourth-order valence-electron chi connectivity index (χ4n) is 2.29. The van der Waals surface area contributed by atoms with Gasteiger partial charge in [0.05, 0.1) is 5.60 Å². The molecule has 1 fully saturated rings. The minimum Gasteiger partial charge on any atom is -0.385 e. The van der Waals surface area contributed by atoms with Crippen LogP contribution in [-0.2, 0) is 12.1 Å². The minimum absolute atomic E-state index is 0.463. The zero-order valence-corrected chi connectivity index (χ0v) is 10.8. The lowest BCUT2D eigenvalue weighted by Crippen LogP contribution is -2.40. The summed E-state index contributed by atoms with van der Waals surface area (Å²) >= 11 is 3.43. The zero-order chi connectivity index (χ0) is 11.6. The van der Waals surface area contributed by atoms with Crippen molar-refractivity contribution in [3.63, 3.8) is 0 Å². The van der Waals surface area contributed by atoms with Crippen LogP contribution in [-0.4, -0.2) is 18.2 Å². The van der Waals surface area contributed by atoms with E-state index in [-0.39, 0.29) is 0 Å². The number of benzene rings is 1. The summed E-state index contributed by atoms with van der Waals surface area (Å²) in [6.07, 6.45) is 1.50. The quantitative estimate of drug-likeness (QED) is 0.771. The van der Waals surface area contributed by atoms with Gasteiger partial charge in [0, 0.05) is 11.0 Å². The molecule has 0 atom stereocenters. The smallest absolute Gasteiger partial charge is 0.0923 e. The van der Waals surface area contributed by atoms with Gasteiger partial charge in [-0.15, -0.1) is 0 Å². The normalized spacial score (nSPS) is 19.7. The van der Waals surface area contributed by atoms with Crippen molar-refractivity contribution in [3.05, 3.63) is 33.8 Å². The van der Waals surface area contributed by atoms with Crippen molar-refractivity contribution in [2.45, 2.75) is 25.0 Å². The summed E-state index contributed by atoms with van der Waals surface area (Å²) < 4.78 is 1.01. The third kappa shape index (κ3) is 2.30. The number of halogens is 1. The van der Waals surface area contributed by atoms with Crippen molar-refractivity contribution in [3.8, 4) is 0 Å². The molecule has 1 aliphatic heterocycles. The lowest BCUT2D eigenvalue weighted by atomic mass is 9.82. The lowest BCUT2D eigenvalue weighted by molar-refractivity contribution is 0.00514. The van der Waals surface area contributed by atoms with Crippen molar-refractivity contribution in [2.24, 2.45) is 5.73 Å². The molecule has 0 unspecified atom stereocenters. The molecule has 1 aromatic carbocycles. The van der Waals surface area contributed by atoms with E-state index in [1.54, 1.807) is 0 Å². The molecule has 0 aliphatic carbocycles. The lowest BCUT2D eigenvalue weighted by Gasteiger charge is -2.34. The predicted octanol–water partition coefficient (Wildman–Crippen LogP) is 1.48. The van der Waals surface area contributed by atoms with Crippen LogP contribution in [0.5, 0.6) is 0 Å². The summed E-state index contributed by atoms with van der Waals surface area (Å²) in [4.78, 5) is 0. The highest BCUT2D eigenvalue weighted by Crippen LogP contribution is 2.33. The Morgan fingerprint density at radius 1 is 1.38 bits per heavy atom. The highest BCUT2D eigenvalue weighted by molar-refractivity contribution is 9.10.